The van der Waals surface area contributed by atoms with Crippen LogP contribution in [0.25, 0.3) is 0 Å². The van der Waals surface area contributed by atoms with E-state index in [9.17, 15) is 14.4 Å². The third-order valence-corrected chi connectivity index (χ3v) is 3.01. The van der Waals surface area contributed by atoms with Crippen LogP contribution in [0.15, 0.2) is 12.2 Å². The van der Waals surface area contributed by atoms with Crippen molar-refractivity contribution in [3.8, 4) is 0 Å². The molecular weight excluding hydrogens is 278 g/mol. The Morgan fingerprint density at radius 2 is 1.81 bits per heavy atom. The molecule has 0 spiro atoms. The largest absolute Gasteiger partial charge is 0.481 e. The standard InChI is InChI=1S/C14H21NO6/c1-14(2,3)21-13(20)15-9-5-4-8(6-9)7-10(11(16)17)12(18)19/h4-5,8-10H,6-7H2,1-3H3,(H,15,20)(H,16,17)(H,18,19)/t8-,9+/m1/s1. The van der Waals surface area contributed by atoms with Crippen LogP contribution in [0.1, 0.15) is 33.6 Å². The number of allylic oxidation sites excluding steroid dienone is 1. The molecular formula is C14H21NO6. The summed E-state index contributed by atoms with van der Waals surface area (Å²) in [5, 5.41) is 20.4. The number of amides is 1. The zero-order valence-electron chi connectivity index (χ0n) is 12.3. The highest BCUT2D eigenvalue weighted by Gasteiger charge is 2.31. The lowest BCUT2D eigenvalue weighted by Crippen LogP contribution is -2.38. The molecule has 0 unspecified atom stereocenters. The third-order valence-electron chi connectivity index (χ3n) is 3.01. The Morgan fingerprint density at radius 1 is 1.24 bits per heavy atom. The maximum Gasteiger partial charge on any atom is 0.408 e. The normalized spacial score (nSPS) is 21.3. The SMILES string of the molecule is CC(C)(C)OC(=O)N[C@H]1C=C[C@@H](CC(C(=O)O)C(=O)O)C1. The van der Waals surface area contributed by atoms with Gasteiger partial charge in [0.15, 0.2) is 5.92 Å². The molecule has 1 aliphatic carbocycles. The Bertz CT molecular complexity index is 437. The van der Waals surface area contributed by atoms with Gasteiger partial charge in [-0.25, -0.2) is 4.79 Å². The van der Waals surface area contributed by atoms with Crippen molar-refractivity contribution < 1.29 is 29.3 Å². The Labute approximate surface area is 123 Å². The van der Waals surface area contributed by atoms with Gasteiger partial charge in [-0.3, -0.25) is 9.59 Å². The maximum absolute atomic E-state index is 11.6. The molecule has 0 aromatic carbocycles. The number of ether oxygens (including phenoxy) is 1. The summed E-state index contributed by atoms with van der Waals surface area (Å²) < 4.78 is 5.12. The monoisotopic (exact) mass is 299 g/mol. The van der Waals surface area contributed by atoms with E-state index in [-0.39, 0.29) is 18.4 Å². The first-order chi connectivity index (χ1) is 9.58. The van der Waals surface area contributed by atoms with Gasteiger partial charge in [-0.2, -0.15) is 0 Å². The van der Waals surface area contributed by atoms with E-state index < -0.39 is 29.6 Å². The van der Waals surface area contributed by atoms with E-state index in [0.29, 0.717) is 6.42 Å². The first-order valence-electron chi connectivity index (χ1n) is 6.72. The predicted molar refractivity (Wildman–Crippen MR) is 73.8 cm³/mol. The summed E-state index contributed by atoms with van der Waals surface area (Å²) in [6.45, 7) is 5.26. The average molecular weight is 299 g/mol. The van der Waals surface area contributed by atoms with Crippen molar-refractivity contribution in [1.82, 2.24) is 5.32 Å². The van der Waals surface area contributed by atoms with Crippen LogP contribution in [-0.2, 0) is 14.3 Å². The number of hydrogen-bond donors (Lipinski definition) is 3. The highest BCUT2D eigenvalue weighted by Crippen LogP contribution is 2.25. The molecule has 0 aromatic heterocycles. The molecule has 21 heavy (non-hydrogen) atoms. The van der Waals surface area contributed by atoms with Crippen LogP contribution >= 0.6 is 0 Å². The highest BCUT2D eigenvalue weighted by molar-refractivity contribution is 5.92. The molecule has 0 heterocycles. The van der Waals surface area contributed by atoms with Gasteiger partial charge in [-0.1, -0.05) is 12.2 Å². The first-order valence-corrected chi connectivity index (χ1v) is 6.72. The van der Waals surface area contributed by atoms with Gasteiger partial charge in [0, 0.05) is 0 Å². The lowest BCUT2D eigenvalue weighted by Gasteiger charge is -2.21. The topological polar surface area (TPSA) is 113 Å². The van der Waals surface area contributed by atoms with Crippen LogP contribution in [0, 0.1) is 11.8 Å². The zero-order valence-corrected chi connectivity index (χ0v) is 12.3. The molecule has 2 atom stereocenters. The minimum absolute atomic E-state index is 0.00760. The fraction of sp³-hybridized carbons (Fsp3) is 0.643. The smallest absolute Gasteiger partial charge is 0.408 e. The van der Waals surface area contributed by atoms with Gasteiger partial charge < -0.3 is 20.3 Å². The number of carboxylic acids is 2. The van der Waals surface area contributed by atoms with E-state index in [1.807, 2.05) is 0 Å². The highest BCUT2D eigenvalue weighted by atomic mass is 16.6. The van der Waals surface area contributed by atoms with Gasteiger partial charge in [0.25, 0.3) is 0 Å². The molecule has 7 heteroatoms. The molecule has 118 valence electrons. The van der Waals surface area contributed by atoms with Gasteiger partial charge >= 0.3 is 18.0 Å². The minimum Gasteiger partial charge on any atom is -0.481 e. The minimum atomic E-state index is -1.43. The van der Waals surface area contributed by atoms with Crippen molar-refractivity contribution in [2.45, 2.75) is 45.3 Å². The summed E-state index contributed by atoms with van der Waals surface area (Å²) in [5.41, 5.74) is -0.594. The third kappa shape index (κ3) is 5.85. The number of nitrogens with one attached hydrogen (secondary N) is 1. The summed E-state index contributed by atoms with van der Waals surface area (Å²) >= 11 is 0. The molecule has 7 nitrogen and oxygen atoms in total. The van der Waals surface area contributed by atoms with Crippen LogP contribution in [0.5, 0.6) is 0 Å². The van der Waals surface area contributed by atoms with Gasteiger partial charge in [0.1, 0.15) is 5.60 Å². The molecule has 0 fully saturated rings. The molecule has 1 aliphatic rings. The number of carbonyl (C=O) groups excluding carboxylic acids is 1. The molecule has 0 saturated heterocycles. The summed E-state index contributed by atoms with van der Waals surface area (Å²) in [4.78, 5) is 33.3. The number of aliphatic carboxylic acids is 2. The van der Waals surface area contributed by atoms with Crippen LogP contribution in [-0.4, -0.2) is 39.9 Å². The second kappa shape index (κ2) is 6.60. The fourth-order valence-corrected chi connectivity index (χ4v) is 2.13. The van der Waals surface area contributed by atoms with Crippen molar-refractivity contribution in [3.05, 3.63) is 12.2 Å². The molecule has 1 amide bonds. The summed E-state index contributed by atoms with van der Waals surface area (Å²) in [6, 6.07) is -0.270. The Morgan fingerprint density at radius 3 is 2.29 bits per heavy atom. The van der Waals surface area contributed by atoms with Crippen LogP contribution in [0.3, 0.4) is 0 Å². The lowest BCUT2D eigenvalue weighted by atomic mass is 9.93. The molecule has 0 saturated carbocycles. The summed E-state index contributed by atoms with van der Waals surface area (Å²) in [7, 11) is 0. The van der Waals surface area contributed by atoms with E-state index in [2.05, 4.69) is 5.32 Å². The van der Waals surface area contributed by atoms with E-state index in [0.717, 1.165) is 0 Å². The zero-order chi connectivity index (χ0) is 16.2. The molecule has 0 radical (unpaired) electrons. The maximum atomic E-state index is 11.6. The number of carboxylic acid groups (broad SMARTS) is 2. The fourth-order valence-electron chi connectivity index (χ4n) is 2.13. The van der Waals surface area contributed by atoms with Crippen LogP contribution in [0.2, 0.25) is 0 Å². The Balaban J connectivity index is 2.46. The number of hydrogen-bond acceptors (Lipinski definition) is 4. The van der Waals surface area contributed by atoms with Crippen molar-refractivity contribution in [1.29, 1.82) is 0 Å². The second-order valence-corrected chi connectivity index (χ2v) is 6.10. The predicted octanol–water partition coefficient (Wildman–Crippen LogP) is 1.63. The van der Waals surface area contributed by atoms with Crippen molar-refractivity contribution >= 4 is 18.0 Å². The van der Waals surface area contributed by atoms with Crippen molar-refractivity contribution in [3.63, 3.8) is 0 Å². The molecule has 0 bridgehead atoms. The van der Waals surface area contributed by atoms with Gasteiger partial charge in [-0.15, -0.1) is 0 Å². The van der Waals surface area contributed by atoms with E-state index in [4.69, 9.17) is 14.9 Å². The second-order valence-electron chi connectivity index (χ2n) is 6.10. The van der Waals surface area contributed by atoms with Gasteiger partial charge in [0.2, 0.25) is 0 Å². The van der Waals surface area contributed by atoms with Gasteiger partial charge in [0.05, 0.1) is 6.04 Å². The van der Waals surface area contributed by atoms with E-state index >= 15 is 0 Å². The van der Waals surface area contributed by atoms with Gasteiger partial charge in [-0.05, 0) is 39.5 Å². The first kappa shape index (κ1) is 17.0. The lowest BCUT2D eigenvalue weighted by molar-refractivity contribution is -0.155. The number of carbonyl (C=O) groups is 3. The van der Waals surface area contributed by atoms with Crippen LogP contribution < -0.4 is 5.32 Å². The molecule has 0 aromatic rings. The van der Waals surface area contributed by atoms with Crippen molar-refractivity contribution in [2.24, 2.45) is 11.8 Å². The Kier molecular flexibility index (Phi) is 5.34. The molecule has 3 N–H and O–H groups in total. The number of alkyl carbamates (subject to hydrolysis) is 1. The van der Waals surface area contributed by atoms with E-state index in [1.54, 1.807) is 32.9 Å². The van der Waals surface area contributed by atoms with Crippen LogP contribution in [0.4, 0.5) is 4.79 Å². The van der Waals surface area contributed by atoms with E-state index in [1.165, 1.54) is 0 Å². The quantitative estimate of drug-likeness (QED) is 0.525. The average Bonchev–Trinajstić information content (AvgIpc) is 2.69. The molecule has 1 rings (SSSR count). The summed E-state index contributed by atoms with van der Waals surface area (Å²) in [6.07, 6.45) is 3.39. The Hall–Kier alpha value is -2.05. The number of rotatable bonds is 5. The molecule has 0 aliphatic heterocycles. The summed E-state index contributed by atoms with van der Waals surface area (Å²) in [5.74, 6) is -4.32. The van der Waals surface area contributed by atoms with Crippen molar-refractivity contribution in [2.75, 3.05) is 0 Å².